The Morgan fingerprint density at radius 3 is 2.41 bits per heavy atom. The summed E-state index contributed by atoms with van der Waals surface area (Å²) in [5.41, 5.74) is 0.296. The largest absolute Gasteiger partial charge is 0.389 e. The molecule has 0 spiro atoms. The van der Waals surface area contributed by atoms with E-state index < -0.39 is 5.60 Å². The van der Waals surface area contributed by atoms with Gasteiger partial charge in [-0.05, 0) is 46.2 Å². The summed E-state index contributed by atoms with van der Waals surface area (Å²) in [6, 6.07) is 1.93. The molecular formula is C13H21NO2S. The third kappa shape index (κ3) is 3.82. The summed E-state index contributed by atoms with van der Waals surface area (Å²) >= 11 is 1.52. The predicted molar refractivity (Wildman–Crippen MR) is 71.7 cm³/mol. The Labute approximate surface area is 107 Å². The number of hydrogen-bond acceptors (Lipinski definition) is 3. The molecule has 0 unspecified atom stereocenters. The minimum atomic E-state index is -0.854. The number of amides is 1. The van der Waals surface area contributed by atoms with E-state index in [0.717, 1.165) is 10.4 Å². The smallest absolute Gasteiger partial charge is 0.264 e. The second kappa shape index (κ2) is 5.19. The van der Waals surface area contributed by atoms with Gasteiger partial charge in [-0.15, -0.1) is 11.3 Å². The van der Waals surface area contributed by atoms with Crippen LogP contribution in [0.4, 0.5) is 0 Å². The number of carbonyl (C=O) groups excluding carboxylic acids is 1. The van der Waals surface area contributed by atoms with Crippen LogP contribution in [0.25, 0.3) is 0 Å². The Balaban J connectivity index is 2.86. The lowest BCUT2D eigenvalue weighted by Gasteiger charge is -2.27. The lowest BCUT2D eigenvalue weighted by atomic mass is 10.1. The summed E-state index contributed by atoms with van der Waals surface area (Å²) < 4.78 is 0. The second-order valence-electron chi connectivity index (χ2n) is 4.98. The maximum Gasteiger partial charge on any atom is 0.264 e. The van der Waals surface area contributed by atoms with Crippen molar-refractivity contribution in [2.75, 3.05) is 13.1 Å². The van der Waals surface area contributed by atoms with E-state index in [1.165, 1.54) is 16.2 Å². The number of rotatable bonds is 4. The van der Waals surface area contributed by atoms with E-state index in [-0.39, 0.29) is 5.91 Å². The van der Waals surface area contributed by atoms with Gasteiger partial charge in [0.2, 0.25) is 0 Å². The van der Waals surface area contributed by atoms with Gasteiger partial charge in [0.25, 0.3) is 5.91 Å². The molecule has 0 aliphatic heterocycles. The number of thiophene rings is 1. The van der Waals surface area contributed by atoms with Gasteiger partial charge in [-0.25, -0.2) is 0 Å². The minimum absolute atomic E-state index is 0.0100. The highest BCUT2D eigenvalue weighted by molar-refractivity contribution is 7.14. The first-order chi connectivity index (χ1) is 7.74. The van der Waals surface area contributed by atoms with Gasteiger partial charge >= 0.3 is 0 Å². The molecule has 0 aliphatic rings. The summed E-state index contributed by atoms with van der Waals surface area (Å²) in [4.78, 5) is 15.9. The Morgan fingerprint density at radius 2 is 2.06 bits per heavy atom. The van der Waals surface area contributed by atoms with Crippen LogP contribution in [0.3, 0.4) is 0 Å². The first-order valence-electron chi connectivity index (χ1n) is 5.83. The van der Waals surface area contributed by atoms with Crippen molar-refractivity contribution in [3.63, 3.8) is 0 Å². The van der Waals surface area contributed by atoms with Gasteiger partial charge < -0.3 is 10.0 Å². The van der Waals surface area contributed by atoms with E-state index in [2.05, 4.69) is 0 Å². The van der Waals surface area contributed by atoms with E-state index in [1.54, 1.807) is 18.7 Å². The molecule has 1 rings (SSSR count). The van der Waals surface area contributed by atoms with Crippen molar-refractivity contribution in [2.24, 2.45) is 0 Å². The number of likely N-dealkylation sites (N-methyl/N-ethyl adjacent to an activating group) is 1. The van der Waals surface area contributed by atoms with Crippen LogP contribution in [0.1, 0.15) is 40.9 Å². The van der Waals surface area contributed by atoms with Crippen LogP contribution in [-0.4, -0.2) is 34.6 Å². The fraction of sp³-hybridized carbons (Fsp3) is 0.615. The van der Waals surface area contributed by atoms with Crippen molar-refractivity contribution in [1.29, 1.82) is 0 Å². The van der Waals surface area contributed by atoms with Crippen LogP contribution in [0.2, 0.25) is 0 Å². The highest BCUT2D eigenvalue weighted by atomic mass is 32.1. The van der Waals surface area contributed by atoms with Crippen LogP contribution >= 0.6 is 11.3 Å². The van der Waals surface area contributed by atoms with Crippen molar-refractivity contribution >= 4 is 17.2 Å². The first-order valence-corrected chi connectivity index (χ1v) is 6.65. The van der Waals surface area contributed by atoms with Crippen LogP contribution in [0.5, 0.6) is 0 Å². The molecule has 0 saturated heterocycles. The van der Waals surface area contributed by atoms with Crippen molar-refractivity contribution in [3.05, 3.63) is 21.4 Å². The number of aryl methyl sites for hydroxylation is 2. The van der Waals surface area contributed by atoms with Gasteiger partial charge in [0, 0.05) is 18.0 Å². The van der Waals surface area contributed by atoms with Gasteiger partial charge in [0.1, 0.15) is 0 Å². The molecule has 1 amide bonds. The molecule has 0 aliphatic carbocycles. The lowest BCUT2D eigenvalue weighted by Crippen LogP contribution is -2.41. The summed E-state index contributed by atoms with van der Waals surface area (Å²) in [6.45, 7) is 10.4. The minimum Gasteiger partial charge on any atom is -0.389 e. The van der Waals surface area contributed by atoms with Gasteiger partial charge in [-0.3, -0.25) is 4.79 Å². The average molecular weight is 255 g/mol. The van der Waals surface area contributed by atoms with Gasteiger partial charge in [0.15, 0.2) is 0 Å². The maximum absolute atomic E-state index is 12.2. The fourth-order valence-corrected chi connectivity index (χ4v) is 2.63. The van der Waals surface area contributed by atoms with E-state index >= 15 is 0 Å². The zero-order valence-corrected chi connectivity index (χ0v) is 12.0. The monoisotopic (exact) mass is 255 g/mol. The van der Waals surface area contributed by atoms with Crippen molar-refractivity contribution < 1.29 is 9.90 Å². The van der Waals surface area contributed by atoms with E-state index in [1.807, 2.05) is 26.8 Å². The number of carbonyl (C=O) groups is 1. The highest BCUT2D eigenvalue weighted by Crippen LogP contribution is 2.22. The molecule has 0 fully saturated rings. The van der Waals surface area contributed by atoms with Gasteiger partial charge in [-0.2, -0.15) is 0 Å². The van der Waals surface area contributed by atoms with Crippen molar-refractivity contribution in [3.8, 4) is 0 Å². The quantitative estimate of drug-likeness (QED) is 0.898. The zero-order valence-electron chi connectivity index (χ0n) is 11.2. The summed E-state index contributed by atoms with van der Waals surface area (Å²) in [5.74, 6) is 0.0100. The molecule has 1 aromatic heterocycles. The van der Waals surface area contributed by atoms with Crippen LogP contribution in [0.15, 0.2) is 6.07 Å². The highest BCUT2D eigenvalue weighted by Gasteiger charge is 2.23. The van der Waals surface area contributed by atoms with E-state index in [0.29, 0.717) is 13.1 Å². The molecule has 1 heterocycles. The molecule has 3 nitrogen and oxygen atoms in total. The Bertz CT molecular complexity index is 385. The first kappa shape index (κ1) is 14.2. The standard InChI is InChI=1S/C13H21NO2S/c1-6-14(8-13(4,5)16)12(15)11-7-9(2)10(3)17-11/h7,16H,6,8H2,1-5H3. The molecule has 1 N–H and O–H groups in total. The van der Waals surface area contributed by atoms with Crippen molar-refractivity contribution in [2.45, 2.75) is 40.2 Å². The van der Waals surface area contributed by atoms with Crippen LogP contribution in [0, 0.1) is 13.8 Å². The summed E-state index contributed by atoms with van der Waals surface area (Å²) in [5, 5.41) is 9.78. The number of nitrogens with zero attached hydrogens (tertiary/aromatic N) is 1. The average Bonchev–Trinajstić information content (AvgIpc) is 2.53. The normalized spacial score (nSPS) is 11.6. The van der Waals surface area contributed by atoms with E-state index in [9.17, 15) is 9.90 Å². The van der Waals surface area contributed by atoms with E-state index in [4.69, 9.17) is 0 Å². The number of aliphatic hydroxyl groups is 1. The molecule has 0 atom stereocenters. The third-order valence-electron chi connectivity index (χ3n) is 2.62. The molecular weight excluding hydrogens is 234 g/mol. The maximum atomic E-state index is 12.2. The van der Waals surface area contributed by atoms with Gasteiger partial charge in [-0.1, -0.05) is 0 Å². The summed E-state index contributed by atoms with van der Waals surface area (Å²) in [7, 11) is 0. The summed E-state index contributed by atoms with van der Waals surface area (Å²) in [6.07, 6.45) is 0. The molecule has 1 aromatic rings. The lowest BCUT2D eigenvalue weighted by molar-refractivity contribution is 0.0317. The second-order valence-corrected chi connectivity index (χ2v) is 6.24. The molecule has 17 heavy (non-hydrogen) atoms. The predicted octanol–water partition coefficient (Wildman–Crippen LogP) is 2.60. The molecule has 0 bridgehead atoms. The Morgan fingerprint density at radius 1 is 1.47 bits per heavy atom. The third-order valence-corrected chi connectivity index (χ3v) is 3.76. The molecule has 4 heteroatoms. The molecule has 0 saturated carbocycles. The SMILES string of the molecule is CCN(CC(C)(C)O)C(=O)c1cc(C)c(C)s1. The van der Waals surface area contributed by atoms with Crippen LogP contribution < -0.4 is 0 Å². The molecule has 96 valence electrons. The fourth-order valence-electron chi connectivity index (χ4n) is 1.63. The number of hydrogen-bond donors (Lipinski definition) is 1. The Hall–Kier alpha value is -0.870. The zero-order chi connectivity index (χ0) is 13.2. The Kier molecular flexibility index (Phi) is 4.33. The molecule has 0 radical (unpaired) electrons. The van der Waals surface area contributed by atoms with Gasteiger partial charge in [0.05, 0.1) is 10.5 Å². The van der Waals surface area contributed by atoms with Crippen LogP contribution in [-0.2, 0) is 0 Å². The molecule has 0 aromatic carbocycles. The van der Waals surface area contributed by atoms with Crippen molar-refractivity contribution in [1.82, 2.24) is 4.90 Å². The topological polar surface area (TPSA) is 40.5 Å².